The number of phenols is 1. The number of allylic oxidation sites excluding steroid dienone is 2. The van der Waals surface area contributed by atoms with E-state index in [4.69, 9.17) is 16.3 Å². The third-order valence-electron chi connectivity index (χ3n) is 10.3. The molecule has 4 aliphatic rings. The van der Waals surface area contributed by atoms with E-state index in [1.54, 1.807) is 61.5 Å². The number of para-hydroxylation sites is 1. The number of nitrogens with zero attached hydrogens (tertiary/aromatic N) is 2. The number of aromatic hydroxyl groups is 1. The number of rotatable bonds is 5. The molecule has 0 spiro atoms. The standard InChI is InChI=1S/C34H30BClN2O8/c1-34-24(31(41)38(33(34)43)19-8-4-3-5-9-19)16-23-21(28(34)17-13-25(36)29(39)26(14-17)46-2)11-12-22-27(23)32(42)37(30(22)40)20-10-6-7-18(15-20)35(44)45/h3-11,13-15,22-24,27-28,39,44-45H,12,16H2,1-2H3. The quantitative estimate of drug-likeness (QED) is 0.219. The molecule has 4 amide bonds. The van der Waals surface area contributed by atoms with Crippen molar-refractivity contribution < 1.29 is 39.1 Å². The van der Waals surface area contributed by atoms with Crippen LogP contribution in [0.5, 0.6) is 11.5 Å². The Balaban J connectivity index is 1.38. The van der Waals surface area contributed by atoms with Gasteiger partial charge in [0.05, 0.1) is 46.7 Å². The first kappa shape index (κ1) is 30.2. The molecule has 1 saturated carbocycles. The fraction of sp³-hybridized carbons (Fsp3) is 0.294. The van der Waals surface area contributed by atoms with E-state index in [1.807, 2.05) is 6.08 Å². The zero-order chi connectivity index (χ0) is 32.7. The predicted octanol–water partition coefficient (Wildman–Crippen LogP) is 3.17. The number of ether oxygens (including phenoxy) is 1. The number of hydrogen-bond acceptors (Lipinski definition) is 8. The summed E-state index contributed by atoms with van der Waals surface area (Å²) in [6.07, 6.45) is 2.31. The molecule has 3 aromatic rings. The molecule has 0 aromatic heterocycles. The van der Waals surface area contributed by atoms with Crippen molar-refractivity contribution in [3.05, 3.63) is 89.0 Å². The molecule has 234 valence electrons. The summed E-state index contributed by atoms with van der Waals surface area (Å²) >= 11 is 6.47. The van der Waals surface area contributed by atoms with Crippen LogP contribution in [0.2, 0.25) is 5.02 Å². The van der Waals surface area contributed by atoms with Crippen LogP contribution in [-0.2, 0) is 19.2 Å². The molecule has 12 heteroatoms. The van der Waals surface area contributed by atoms with Crippen molar-refractivity contribution in [1.82, 2.24) is 0 Å². The molecule has 3 N–H and O–H groups in total. The topological polar surface area (TPSA) is 145 Å². The molecule has 2 aliphatic carbocycles. The summed E-state index contributed by atoms with van der Waals surface area (Å²) in [5.74, 6) is -5.46. The second-order valence-corrected chi connectivity index (χ2v) is 12.9. The van der Waals surface area contributed by atoms with Gasteiger partial charge in [0.2, 0.25) is 23.6 Å². The Hall–Kier alpha value is -4.45. The van der Waals surface area contributed by atoms with E-state index in [2.05, 4.69) is 0 Å². The lowest BCUT2D eigenvalue weighted by Gasteiger charge is -2.49. The minimum Gasteiger partial charge on any atom is -0.503 e. The molecule has 6 unspecified atom stereocenters. The lowest BCUT2D eigenvalue weighted by atomic mass is 9.51. The van der Waals surface area contributed by atoms with Crippen LogP contribution in [0.3, 0.4) is 0 Å². The van der Waals surface area contributed by atoms with Crippen molar-refractivity contribution in [1.29, 1.82) is 0 Å². The molecular formula is C34H30BClN2O8. The SMILES string of the molecule is COc1cc(C2C3=CCC4C(=O)N(c5cccc(B(O)O)c5)C(=O)C4C3CC3C(=O)N(c4ccccc4)C(=O)C32C)cc(Cl)c1O. The summed E-state index contributed by atoms with van der Waals surface area (Å²) < 4.78 is 5.41. The number of benzene rings is 3. The monoisotopic (exact) mass is 640 g/mol. The fourth-order valence-corrected chi connectivity index (χ4v) is 8.43. The Kier molecular flexibility index (Phi) is 7.11. The highest BCUT2D eigenvalue weighted by molar-refractivity contribution is 6.58. The van der Waals surface area contributed by atoms with Gasteiger partial charge in [-0.05, 0) is 73.1 Å². The molecule has 0 radical (unpaired) electrons. The zero-order valence-corrected chi connectivity index (χ0v) is 25.7. The first-order valence-corrected chi connectivity index (χ1v) is 15.4. The van der Waals surface area contributed by atoms with Crippen molar-refractivity contribution in [3.63, 3.8) is 0 Å². The summed E-state index contributed by atoms with van der Waals surface area (Å²) in [5.41, 5.74) is 0.802. The van der Waals surface area contributed by atoms with Crippen molar-refractivity contribution >= 4 is 59.2 Å². The van der Waals surface area contributed by atoms with E-state index < -0.39 is 59.8 Å². The number of amides is 4. The van der Waals surface area contributed by atoms with Crippen LogP contribution in [-0.4, -0.2) is 53.0 Å². The maximum absolute atomic E-state index is 14.5. The minimum atomic E-state index is -1.78. The van der Waals surface area contributed by atoms with Crippen LogP contribution in [0.4, 0.5) is 11.4 Å². The van der Waals surface area contributed by atoms with E-state index in [9.17, 15) is 34.3 Å². The highest BCUT2D eigenvalue weighted by atomic mass is 35.5. The van der Waals surface area contributed by atoms with Gasteiger partial charge in [0, 0.05) is 5.92 Å². The van der Waals surface area contributed by atoms with Crippen molar-refractivity contribution in [2.45, 2.75) is 25.7 Å². The van der Waals surface area contributed by atoms with E-state index >= 15 is 0 Å². The smallest absolute Gasteiger partial charge is 0.488 e. The Morgan fingerprint density at radius 2 is 1.61 bits per heavy atom. The fourth-order valence-electron chi connectivity index (χ4n) is 8.21. The summed E-state index contributed by atoms with van der Waals surface area (Å²) in [6, 6.07) is 17.8. The van der Waals surface area contributed by atoms with Gasteiger partial charge in [0.25, 0.3) is 0 Å². The largest absolute Gasteiger partial charge is 0.503 e. The van der Waals surface area contributed by atoms with Crippen LogP contribution in [0.25, 0.3) is 0 Å². The molecule has 6 atom stereocenters. The van der Waals surface area contributed by atoms with Gasteiger partial charge in [0.15, 0.2) is 11.5 Å². The van der Waals surface area contributed by atoms with E-state index in [1.165, 1.54) is 24.1 Å². The third kappa shape index (κ3) is 4.18. The summed E-state index contributed by atoms with van der Waals surface area (Å²) in [7, 11) is -0.398. The Bertz CT molecular complexity index is 1850. The second-order valence-electron chi connectivity index (χ2n) is 12.5. The number of halogens is 1. The van der Waals surface area contributed by atoms with Gasteiger partial charge >= 0.3 is 7.12 Å². The van der Waals surface area contributed by atoms with Gasteiger partial charge in [-0.1, -0.05) is 53.6 Å². The van der Waals surface area contributed by atoms with Gasteiger partial charge < -0.3 is 19.9 Å². The maximum Gasteiger partial charge on any atom is 0.488 e. The second kappa shape index (κ2) is 10.8. The average molecular weight is 641 g/mol. The molecule has 2 heterocycles. The molecule has 2 saturated heterocycles. The third-order valence-corrected chi connectivity index (χ3v) is 10.6. The highest BCUT2D eigenvalue weighted by Gasteiger charge is 2.67. The number of anilines is 2. The van der Waals surface area contributed by atoms with Crippen LogP contribution in [0.1, 0.15) is 31.2 Å². The number of hydrogen-bond donors (Lipinski definition) is 3. The number of fused-ring (bicyclic) bond motifs is 4. The lowest BCUT2D eigenvalue weighted by molar-refractivity contribution is -0.131. The van der Waals surface area contributed by atoms with Gasteiger partial charge in [-0.25, -0.2) is 4.90 Å². The average Bonchev–Trinajstić information content (AvgIpc) is 3.42. The van der Waals surface area contributed by atoms with Crippen molar-refractivity contribution in [2.24, 2.45) is 29.1 Å². The zero-order valence-electron chi connectivity index (χ0n) is 25.0. The van der Waals surface area contributed by atoms with Crippen LogP contribution in [0.15, 0.2) is 78.4 Å². The Labute approximate surface area is 270 Å². The summed E-state index contributed by atoms with van der Waals surface area (Å²) in [6.45, 7) is 1.77. The van der Waals surface area contributed by atoms with Crippen molar-refractivity contribution in [3.8, 4) is 11.5 Å². The highest BCUT2D eigenvalue weighted by Crippen LogP contribution is 2.64. The van der Waals surface area contributed by atoms with E-state index in [0.29, 0.717) is 11.3 Å². The number of imide groups is 2. The Morgan fingerprint density at radius 3 is 2.30 bits per heavy atom. The lowest BCUT2D eigenvalue weighted by Crippen LogP contribution is -2.48. The molecule has 7 rings (SSSR count). The minimum absolute atomic E-state index is 0.00634. The van der Waals surface area contributed by atoms with Crippen LogP contribution >= 0.6 is 11.6 Å². The first-order valence-electron chi connectivity index (χ1n) is 15.0. The molecule has 2 aliphatic heterocycles. The van der Waals surface area contributed by atoms with Crippen molar-refractivity contribution in [2.75, 3.05) is 16.9 Å². The number of phenolic OH excluding ortho intramolecular Hbond substituents is 1. The normalized spacial score (nSPS) is 28.5. The number of carbonyl (C=O) groups excluding carboxylic acids is 4. The Morgan fingerprint density at radius 1 is 0.891 bits per heavy atom. The molecule has 0 bridgehead atoms. The predicted molar refractivity (Wildman–Crippen MR) is 169 cm³/mol. The van der Waals surface area contributed by atoms with Crippen LogP contribution in [0, 0.1) is 29.1 Å². The molecule has 10 nitrogen and oxygen atoms in total. The van der Waals surface area contributed by atoms with E-state index in [-0.39, 0.29) is 46.4 Å². The molecule has 46 heavy (non-hydrogen) atoms. The maximum atomic E-state index is 14.5. The summed E-state index contributed by atoms with van der Waals surface area (Å²) in [5, 5.41) is 30.0. The first-order chi connectivity index (χ1) is 22.0. The van der Waals surface area contributed by atoms with Gasteiger partial charge in [-0.2, -0.15) is 0 Å². The van der Waals surface area contributed by atoms with Gasteiger partial charge in [-0.3, -0.25) is 24.1 Å². The number of methoxy groups -OCH3 is 1. The molecule has 3 fully saturated rings. The molecular weight excluding hydrogens is 611 g/mol. The number of carbonyl (C=O) groups is 4. The van der Waals surface area contributed by atoms with Gasteiger partial charge in [0.1, 0.15) is 0 Å². The van der Waals surface area contributed by atoms with Gasteiger partial charge in [-0.15, -0.1) is 0 Å². The summed E-state index contributed by atoms with van der Waals surface area (Å²) in [4.78, 5) is 59.1. The van der Waals surface area contributed by atoms with E-state index in [0.717, 1.165) is 10.5 Å². The molecule has 3 aromatic carbocycles. The van der Waals surface area contributed by atoms with Crippen LogP contribution < -0.4 is 20.0 Å².